The minimum absolute atomic E-state index is 0.00707. The molecule has 0 saturated carbocycles. The summed E-state index contributed by atoms with van der Waals surface area (Å²) < 4.78 is 6.77. The lowest BCUT2D eigenvalue weighted by atomic mass is 10.0. The number of carbonyl (C=O) groups is 1. The van der Waals surface area contributed by atoms with Crippen LogP contribution in [-0.4, -0.2) is 35.7 Å². The fourth-order valence-electron chi connectivity index (χ4n) is 1.68. The molecule has 1 saturated heterocycles. The molecule has 1 amide bonds. The zero-order chi connectivity index (χ0) is 12.3. The van der Waals surface area contributed by atoms with E-state index in [0.29, 0.717) is 0 Å². The molecular formula is C13H13NO2S. The molecule has 0 N–H and O–H groups in total. The molecule has 17 heavy (non-hydrogen) atoms. The maximum Gasteiger partial charge on any atom is 0.266 e. The van der Waals surface area contributed by atoms with Crippen LogP contribution in [0.25, 0.3) is 0 Å². The Kier molecular flexibility index (Phi) is 3.72. The zero-order valence-corrected chi connectivity index (χ0v) is 10.5. The number of amides is 1. The van der Waals surface area contributed by atoms with Crippen molar-refractivity contribution in [3.8, 4) is 11.8 Å². The quantitative estimate of drug-likeness (QED) is 0.451. The highest BCUT2D eigenvalue weighted by Crippen LogP contribution is 2.28. The maximum atomic E-state index is 11.6. The molecule has 2 rings (SSSR count). The Morgan fingerprint density at radius 1 is 1.35 bits per heavy atom. The molecule has 4 heteroatoms. The summed E-state index contributed by atoms with van der Waals surface area (Å²) in [5.74, 6) is 6.13. The van der Waals surface area contributed by atoms with E-state index in [1.165, 1.54) is 19.1 Å². The van der Waals surface area contributed by atoms with Gasteiger partial charge in [0.15, 0.2) is 6.10 Å². The van der Waals surface area contributed by atoms with Crippen LogP contribution >= 0.6 is 11.9 Å². The molecule has 1 aromatic rings. The average molecular weight is 247 g/mol. The van der Waals surface area contributed by atoms with Crippen LogP contribution < -0.4 is 0 Å². The van der Waals surface area contributed by atoms with Crippen molar-refractivity contribution < 1.29 is 9.53 Å². The summed E-state index contributed by atoms with van der Waals surface area (Å²) in [6, 6.07) is 9.57. The molecule has 1 heterocycles. The first kappa shape index (κ1) is 12.0. The minimum atomic E-state index is -0.418. The van der Waals surface area contributed by atoms with Crippen LogP contribution in [0.4, 0.5) is 0 Å². The average Bonchev–Trinajstić information content (AvgIpc) is 2.36. The van der Waals surface area contributed by atoms with Gasteiger partial charge in [-0.25, -0.2) is 0 Å². The fourth-order valence-corrected chi connectivity index (χ4v) is 2.36. The number of hydrogen-bond acceptors (Lipinski definition) is 3. The van der Waals surface area contributed by atoms with E-state index in [1.54, 1.807) is 4.31 Å². The molecule has 0 aliphatic carbocycles. The van der Waals surface area contributed by atoms with Crippen molar-refractivity contribution in [2.75, 3.05) is 13.4 Å². The van der Waals surface area contributed by atoms with Crippen LogP contribution in [0.1, 0.15) is 5.56 Å². The maximum absolute atomic E-state index is 11.6. The number of ether oxygens (including phenoxy) is 1. The molecule has 88 valence electrons. The normalized spacial score (nSPS) is 22.7. The molecule has 1 aliphatic heterocycles. The van der Waals surface area contributed by atoms with Crippen LogP contribution in [0.2, 0.25) is 0 Å². The summed E-state index contributed by atoms with van der Waals surface area (Å²) in [7, 11) is 1.54. The molecular weight excluding hydrogens is 234 g/mol. The van der Waals surface area contributed by atoms with E-state index >= 15 is 0 Å². The first-order valence-corrected chi connectivity index (χ1v) is 6.42. The van der Waals surface area contributed by atoms with Gasteiger partial charge in [0, 0.05) is 18.9 Å². The second-order valence-electron chi connectivity index (χ2n) is 3.58. The molecule has 3 nitrogen and oxygen atoms in total. The van der Waals surface area contributed by atoms with Crippen LogP contribution in [0.5, 0.6) is 0 Å². The Hall–Kier alpha value is -1.44. The van der Waals surface area contributed by atoms with Gasteiger partial charge in [0.05, 0.1) is 0 Å². The molecule has 0 radical (unpaired) electrons. The Morgan fingerprint density at radius 3 is 2.65 bits per heavy atom. The molecule has 1 aromatic carbocycles. The first-order valence-electron chi connectivity index (χ1n) is 5.24. The molecule has 0 aromatic heterocycles. The van der Waals surface area contributed by atoms with Crippen molar-refractivity contribution in [3.05, 3.63) is 35.9 Å². The van der Waals surface area contributed by atoms with Gasteiger partial charge in [0.25, 0.3) is 5.91 Å². The van der Waals surface area contributed by atoms with Crippen LogP contribution in [0, 0.1) is 11.8 Å². The van der Waals surface area contributed by atoms with Crippen LogP contribution in [0.15, 0.2) is 30.3 Å². The zero-order valence-electron chi connectivity index (χ0n) is 9.71. The topological polar surface area (TPSA) is 29.5 Å². The SMILES string of the molecule is COC1C(=O)N(SC)C1C#Cc1ccccc1. The Bertz CT molecular complexity index is 449. The molecule has 0 bridgehead atoms. The highest BCUT2D eigenvalue weighted by atomic mass is 32.2. The van der Waals surface area contributed by atoms with Crippen molar-refractivity contribution in [1.29, 1.82) is 0 Å². The van der Waals surface area contributed by atoms with Crippen molar-refractivity contribution in [2.24, 2.45) is 0 Å². The second-order valence-corrected chi connectivity index (χ2v) is 4.34. The van der Waals surface area contributed by atoms with Gasteiger partial charge < -0.3 is 4.74 Å². The number of carbonyl (C=O) groups excluding carboxylic acids is 1. The van der Waals surface area contributed by atoms with Gasteiger partial charge in [-0.05, 0) is 24.1 Å². The fraction of sp³-hybridized carbons (Fsp3) is 0.308. The number of nitrogens with zero attached hydrogens (tertiary/aromatic N) is 1. The summed E-state index contributed by atoms with van der Waals surface area (Å²) in [5.41, 5.74) is 0.947. The lowest BCUT2D eigenvalue weighted by Gasteiger charge is -2.41. The van der Waals surface area contributed by atoms with E-state index in [4.69, 9.17) is 4.74 Å². The molecule has 0 spiro atoms. The lowest BCUT2D eigenvalue weighted by Crippen LogP contribution is -2.61. The molecule has 2 unspecified atom stereocenters. The smallest absolute Gasteiger partial charge is 0.266 e. The Morgan fingerprint density at radius 2 is 2.06 bits per heavy atom. The highest BCUT2D eigenvalue weighted by molar-refractivity contribution is 7.96. The summed E-state index contributed by atoms with van der Waals surface area (Å²) in [6.45, 7) is 0. The van der Waals surface area contributed by atoms with Crippen molar-refractivity contribution in [1.82, 2.24) is 4.31 Å². The summed E-state index contributed by atoms with van der Waals surface area (Å²) in [5, 5.41) is 0. The van der Waals surface area contributed by atoms with E-state index in [1.807, 2.05) is 36.6 Å². The van der Waals surface area contributed by atoms with Gasteiger partial charge in [-0.3, -0.25) is 9.10 Å². The van der Waals surface area contributed by atoms with Crippen molar-refractivity contribution in [2.45, 2.75) is 12.1 Å². The lowest BCUT2D eigenvalue weighted by molar-refractivity contribution is -0.153. The number of hydrogen-bond donors (Lipinski definition) is 0. The highest BCUT2D eigenvalue weighted by Gasteiger charge is 2.47. The largest absolute Gasteiger partial charge is 0.368 e. The number of benzene rings is 1. The second kappa shape index (κ2) is 5.26. The van der Waals surface area contributed by atoms with Gasteiger partial charge in [-0.1, -0.05) is 30.0 Å². The van der Waals surface area contributed by atoms with E-state index in [-0.39, 0.29) is 11.9 Å². The van der Waals surface area contributed by atoms with Crippen LogP contribution in [0.3, 0.4) is 0 Å². The summed E-state index contributed by atoms with van der Waals surface area (Å²) in [6.07, 6.45) is 1.44. The Balaban J connectivity index is 2.13. The van der Waals surface area contributed by atoms with Gasteiger partial charge in [-0.2, -0.15) is 0 Å². The number of methoxy groups -OCH3 is 1. The van der Waals surface area contributed by atoms with Crippen LogP contribution in [-0.2, 0) is 9.53 Å². The Labute approximate surface area is 105 Å². The molecule has 2 atom stereocenters. The third-order valence-electron chi connectivity index (χ3n) is 2.59. The van der Waals surface area contributed by atoms with Gasteiger partial charge in [-0.15, -0.1) is 0 Å². The number of β-lactam (4-membered cyclic amide) rings is 1. The van der Waals surface area contributed by atoms with E-state index in [9.17, 15) is 4.79 Å². The minimum Gasteiger partial charge on any atom is -0.368 e. The van der Waals surface area contributed by atoms with E-state index in [0.717, 1.165) is 5.56 Å². The van der Waals surface area contributed by atoms with E-state index < -0.39 is 6.10 Å². The summed E-state index contributed by atoms with van der Waals surface area (Å²) >= 11 is 1.38. The predicted molar refractivity (Wildman–Crippen MR) is 68.3 cm³/mol. The standard InChI is InChI=1S/C13H13NO2S/c1-16-12-11(14(17-2)13(12)15)9-8-10-6-4-3-5-7-10/h3-7,11-12H,1-2H3. The van der Waals surface area contributed by atoms with Gasteiger partial charge >= 0.3 is 0 Å². The third kappa shape index (κ3) is 2.31. The number of rotatable bonds is 2. The monoisotopic (exact) mass is 247 g/mol. The predicted octanol–water partition coefficient (Wildman–Crippen LogP) is 1.54. The van der Waals surface area contributed by atoms with Gasteiger partial charge in [0.1, 0.15) is 6.04 Å². The third-order valence-corrected chi connectivity index (χ3v) is 3.39. The molecule has 1 aliphatic rings. The van der Waals surface area contributed by atoms with Gasteiger partial charge in [0.2, 0.25) is 0 Å². The summed E-state index contributed by atoms with van der Waals surface area (Å²) in [4.78, 5) is 11.6. The van der Waals surface area contributed by atoms with Crippen molar-refractivity contribution >= 4 is 17.9 Å². The van der Waals surface area contributed by atoms with Crippen molar-refractivity contribution in [3.63, 3.8) is 0 Å². The van der Waals surface area contributed by atoms with E-state index in [2.05, 4.69) is 11.8 Å². The molecule has 1 fully saturated rings. The first-order chi connectivity index (χ1) is 8.27.